The van der Waals surface area contributed by atoms with Crippen LogP contribution in [0.2, 0.25) is 5.02 Å². The number of rotatable bonds is 7. The molecule has 0 bridgehead atoms. The van der Waals surface area contributed by atoms with E-state index in [0.29, 0.717) is 24.0 Å². The predicted octanol–water partition coefficient (Wildman–Crippen LogP) is 1.44. The molecule has 1 aromatic carbocycles. The molecule has 6 heteroatoms. The Bertz CT molecular complexity index is 489. The van der Waals surface area contributed by atoms with Crippen LogP contribution in [-0.2, 0) is 6.54 Å². The van der Waals surface area contributed by atoms with E-state index in [0.717, 1.165) is 25.2 Å². The lowest BCUT2D eigenvalue weighted by Crippen LogP contribution is -2.32. The molecule has 2 N–H and O–H groups in total. The van der Waals surface area contributed by atoms with Crippen molar-refractivity contribution in [3.63, 3.8) is 0 Å². The highest BCUT2D eigenvalue weighted by Gasteiger charge is 2.32. The van der Waals surface area contributed by atoms with Crippen LogP contribution >= 0.6 is 11.6 Å². The summed E-state index contributed by atoms with van der Waals surface area (Å²) in [6.07, 6.45) is 0. The number of aliphatic hydroxyl groups is 2. The fraction of sp³-hybridized carbons (Fsp3) is 0.625. The van der Waals surface area contributed by atoms with E-state index < -0.39 is 0 Å². The van der Waals surface area contributed by atoms with E-state index >= 15 is 0 Å². The number of nitrogens with zero attached hydrogens (tertiary/aromatic N) is 2. The molecule has 1 aliphatic rings. The first-order chi connectivity index (χ1) is 10.5. The van der Waals surface area contributed by atoms with Gasteiger partial charge in [0.15, 0.2) is 0 Å². The van der Waals surface area contributed by atoms with Gasteiger partial charge in [-0.1, -0.05) is 17.7 Å². The maximum atomic E-state index is 13.1. The molecule has 0 amide bonds. The van der Waals surface area contributed by atoms with Crippen LogP contribution in [0.3, 0.4) is 0 Å². The second kappa shape index (κ2) is 8.22. The van der Waals surface area contributed by atoms with E-state index in [9.17, 15) is 9.50 Å². The summed E-state index contributed by atoms with van der Waals surface area (Å²) in [6, 6.07) is 4.48. The number of hydrogen-bond donors (Lipinski definition) is 2. The van der Waals surface area contributed by atoms with Gasteiger partial charge in [0, 0.05) is 44.4 Å². The number of likely N-dealkylation sites (N-methyl/N-ethyl adjacent to an activating group) is 1. The predicted molar refractivity (Wildman–Crippen MR) is 85.3 cm³/mol. The Morgan fingerprint density at radius 2 is 2.05 bits per heavy atom. The number of likely N-dealkylation sites (tertiary alicyclic amines) is 1. The van der Waals surface area contributed by atoms with Crippen molar-refractivity contribution in [1.82, 2.24) is 9.80 Å². The minimum atomic E-state index is -0.327. The summed E-state index contributed by atoms with van der Waals surface area (Å²) in [5.41, 5.74) is 0.907. The van der Waals surface area contributed by atoms with Gasteiger partial charge in [0.1, 0.15) is 5.82 Å². The summed E-state index contributed by atoms with van der Waals surface area (Å²) >= 11 is 6.09. The maximum absolute atomic E-state index is 13.1. The van der Waals surface area contributed by atoms with Crippen LogP contribution in [0, 0.1) is 17.7 Å². The largest absolute Gasteiger partial charge is 0.396 e. The van der Waals surface area contributed by atoms with Gasteiger partial charge in [-0.3, -0.25) is 4.90 Å². The van der Waals surface area contributed by atoms with Gasteiger partial charge in [-0.25, -0.2) is 4.39 Å². The Hall–Kier alpha value is -0.720. The Kier molecular flexibility index (Phi) is 6.59. The Labute approximate surface area is 136 Å². The second-order valence-corrected chi connectivity index (χ2v) is 6.53. The van der Waals surface area contributed by atoms with Crippen LogP contribution < -0.4 is 0 Å². The molecule has 0 spiro atoms. The molecule has 2 rings (SSSR count). The van der Waals surface area contributed by atoms with Gasteiger partial charge in [0.25, 0.3) is 0 Å². The lowest BCUT2D eigenvalue weighted by Gasteiger charge is -2.23. The van der Waals surface area contributed by atoms with E-state index in [1.165, 1.54) is 12.1 Å². The highest BCUT2D eigenvalue weighted by molar-refractivity contribution is 6.31. The standard InChI is InChI=1S/C16H24ClFN2O2/c1-19(4-5-21)7-13-9-20(10-14(13)11-22)8-12-2-3-15(18)6-16(12)17/h2-3,6,13-14,21-22H,4-5,7-11H2,1H3/t13-,14-/m1/s1. The topological polar surface area (TPSA) is 46.9 Å². The van der Waals surface area contributed by atoms with Crippen molar-refractivity contribution in [2.24, 2.45) is 11.8 Å². The second-order valence-electron chi connectivity index (χ2n) is 6.12. The molecule has 1 aliphatic heterocycles. The van der Waals surface area contributed by atoms with Crippen LogP contribution in [0.5, 0.6) is 0 Å². The summed E-state index contributed by atoms with van der Waals surface area (Å²) in [4.78, 5) is 4.33. The molecule has 0 saturated carbocycles. The summed E-state index contributed by atoms with van der Waals surface area (Å²) in [5.74, 6) is 0.257. The minimum absolute atomic E-state index is 0.141. The quantitative estimate of drug-likeness (QED) is 0.794. The van der Waals surface area contributed by atoms with Gasteiger partial charge >= 0.3 is 0 Å². The number of benzene rings is 1. The normalized spacial score (nSPS) is 22.6. The van der Waals surface area contributed by atoms with Crippen LogP contribution in [0.15, 0.2) is 18.2 Å². The molecule has 124 valence electrons. The zero-order valence-corrected chi connectivity index (χ0v) is 13.6. The highest BCUT2D eigenvalue weighted by Crippen LogP contribution is 2.27. The first kappa shape index (κ1) is 17.6. The molecule has 1 heterocycles. The maximum Gasteiger partial charge on any atom is 0.124 e. The van der Waals surface area contributed by atoms with E-state index in [4.69, 9.17) is 16.7 Å². The first-order valence-electron chi connectivity index (χ1n) is 7.60. The van der Waals surface area contributed by atoms with E-state index in [-0.39, 0.29) is 24.9 Å². The summed E-state index contributed by atoms with van der Waals surface area (Å²) in [6.45, 7) is 4.12. The van der Waals surface area contributed by atoms with Gasteiger partial charge in [0.2, 0.25) is 0 Å². The SMILES string of the molecule is CN(CCO)C[C@@H]1CN(Cc2ccc(F)cc2Cl)C[C@@H]1CO. The van der Waals surface area contributed by atoms with Gasteiger partial charge in [-0.15, -0.1) is 0 Å². The fourth-order valence-electron chi connectivity index (χ4n) is 3.13. The number of halogens is 2. The molecule has 4 nitrogen and oxygen atoms in total. The molecule has 1 saturated heterocycles. The molecular weight excluding hydrogens is 307 g/mol. The van der Waals surface area contributed by atoms with Crippen LogP contribution in [0.25, 0.3) is 0 Å². The van der Waals surface area contributed by atoms with E-state index in [2.05, 4.69) is 9.80 Å². The molecule has 2 atom stereocenters. The molecular formula is C16H24ClFN2O2. The molecule has 1 fully saturated rings. The smallest absolute Gasteiger partial charge is 0.124 e. The average molecular weight is 331 g/mol. The average Bonchev–Trinajstić information content (AvgIpc) is 2.84. The Balaban J connectivity index is 1.96. The van der Waals surface area contributed by atoms with Crippen molar-refractivity contribution in [3.05, 3.63) is 34.6 Å². The van der Waals surface area contributed by atoms with Crippen molar-refractivity contribution in [2.45, 2.75) is 6.54 Å². The zero-order chi connectivity index (χ0) is 16.1. The zero-order valence-electron chi connectivity index (χ0n) is 12.9. The Morgan fingerprint density at radius 1 is 1.32 bits per heavy atom. The molecule has 1 aromatic rings. The summed E-state index contributed by atoms with van der Waals surface area (Å²) in [5, 5.41) is 19.0. The van der Waals surface area contributed by atoms with Crippen LogP contribution in [0.4, 0.5) is 4.39 Å². The van der Waals surface area contributed by atoms with Crippen LogP contribution in [-0.4, -0.2) is 66.5 Å². The van der Waals surface area contributed by atoms with Crippen molar-refractivity contribution < 1.29 is 14.6 Å². The first-order valence-corrected chi connectivity index (χ1v) is 7.97. The number of aliphatic hydroxyl groups excluding tert-OH is 2. The lowest BCUT2D eigenvalue weighted by atomic mass is 9.96. The third-order valence-corrected chi connectivity index (χ3v) is 4.68. The Morgan fingerprint density at radius 3 is 2.68 bits per heavy atom. The van der Waals surface area contributed by atoms with Crippen molar-refractivity contribution in [3.8, 4) is 0 Å². The number of hydrogen-bond acceptors (Lipinski definition) is 4. The molecule has 0 aliphatic carbocycles. The van der Waals surface area contributed by atoms with Crippen molar-refractivity contribution >= 4 is 11.6 Å². The molecule has 0 radical (unpaired) electrons. The van der Waals surface area contributed by atoms with Gasteiger partial charge in [-0.2, -0.15) is 0 Å². The van der Waals surface area contributed by atoms with Gasteiger partial charge < -0.3 is 15.1 Å². The fourth-order valence-corrected chi connectivity index (χ4v) is 3.36. The highest BCUT2D eigenvalue weighted by atomic mass is 35.5. The molecule has 0 aromatic heterocycles. The van der Waals surface area contributed by atoms with E-state index in [1.807, 2.05) is 7.05 Å². The third-order valence-electron chi connectivity index (χ3n) is 4.32. The lowest BCUT2D eigenvalue weighted by molar-refractivity contribution is 0.160. The molecule has 22 heavy (non-hydrogen) atoms. The van der Waals surface area contributed by atoms with Gasteiger partial charge in [-0.05, 0) is 36.6 Å². The summed E-state index contributed by atoms with van der Waals surface area (Å²) in [7, 11) is 1.98. The summed E-state index contributed by atoms with van der Waals surface area (Å²) < 4.78 is 13.1. The van der Waals surface area contributed by atoms with Crippen LogP contribution in [0.1, 0.15) is 5.56 Å². The minimum Gasteiger partial charge on any atom is -0.396 e. The van der Waals surface area contributed by atoms with Crippen molar-refractivity contribution in [1.29, 1.82) is 0 Å². The van der Waals surface area contributed by atoms with E-state index in [1.54, 1.807) is 6.07 Å². The third kappa shape index (κ3) is 4.64. The van der Waals surface area contributed by atoms with Crippen molar-refractivity contribution in [2.75, 3.05) is 46.4 Å². The monoisotopic (exact) mass is 330 g/mol. The molecule has 0 unspecified atom stereocenters. The van der Waals surface area contributed by atoms with Gasteiger partial charge in [0.05, 0.1) is 6.61 Å².